The van der Waals surface area contributed by atoms with Crippen LogP contribution >= 0.6 is 22.6 Å². The topological polar surface area (TPSA) is 29.9 Å². The van der Waals surface area contributed by atoms with Gasteiger partial charge in [-0.2, -0.15) is 5.10 Å². The first-order chi connectivity index (χ1) is 7.46. The summed E-state index contributed by atoms with van der Waals surface area (Å²) in [7, 11) is 0. The maximum Gasteiger partial charge on any atom is 0.0623 e. The van der Waals surface area contributed by atoms with Crippen LogP contribution in [0.3, 0.4) is 0 Å². The summed E-state index contributed by atoms with van der Waals surface area (Å²) in [5, 5.41) is 8.00. The van der Waals surface area contributed by atoms with Crippen LogP contribution in [0, 0.1) is 9.49 Å². The first-order valence-corrected chi connectivity index (χ1v) is 6.98. The molecule has 0 spiro atoms. The number of nitrogens with one attached hydrogen (secondary N) is 1. The lowest BCUT2D eigenvalue weighted by atomic mass is 9.79. The molecule has 90 valence electrons. The Bertz CT molecular complexity index is 353. The van der Waals surface area contributed by atoms with Gasteiger partial charge in [-0.05, 0) is 62.1 Å². The average molecular weight is 333 g/mol. The molecule has 1 N–H and O–H groups in total. The quantitative estimate of drug-likeness (QED) is 0.862. The molecule has 0 aliphatic heterocycles. The first kappa shape index (κ1) is 12.4. The normalized spacial score (nSPS) is 25.5. The van der Waals surface area contributed by atoms with E-state index >= 15 is 0 Å². The number of rotatable bonds is 3. The Morgan fingerprint density at radius 1 is 1.50 bits per heavy atom. The van der Waals surface area contributed by atoms with Crippen molar-refractivity contribution < 1.29 is 0 Å². The summed E-state index contributed by atoms with van der Waals surface area (Å²) in [6.45, 7) is 7.76. The molecule has 0 radical (unpaired) electrons. The smallest absolute Gasteiger partial charge is 0.0623 e. The van der Waals surface area contributed by atoms with Crippen molar-refractivity contribution in [3.63, 3.8) is 0 Å². The van der Waals surface area contributed by atoms with Crippen molar-refractivity contribution >= 4 is 22.6 Å². The predicted octanol–water partition coefficient (Wildman–Crippen LogP) is 2.83. The Morgan fingerprint density at radius 3 is 2.69 bits per heavy atom. The molecule has 1 aliphatic carbocycles. The molecule has 0 bridgehead atoms. The van der Waals surface area contributed by atoms with Gasteiger partial charge in [-0.3, -0.25) is 4.68 Å². The van der Waals surface area contributed by atoms with Crippen LogP contribution in [-0.4, -0.2) is 21.9 Å². The van der Waals surface area contributed by atoms with Gasteiger partial charge in [0.05, 0.1) is 15.8 Å². The highest BCUT2D eigenvalue weighted by molar-refractivity contribution is 14.1. The number of hydrogen-bond donors (Lipinski definition) is 1. The molecule has 0 saturated heterocycles. The fraction of sp³-hybridized carbons (Fsp3) is 0.750. The van der Waals surface area contributed by atoms with Gasteiger partial charge in [0.1, 0.15) is 0 Å². The van der Waals surface area contributed by atoms with Crippen molar-refractivity contribution in [3.8, 4) is 0 Å². The van der Waals surface area contributed by atoms with Crippen LogP contribution < -0.4 is 5.32 Å². The Labute approximate surface area is 111 Å². The molecule has 16 heavy (non-hydrogen) atoms. The fourth-order valence-electron chi connectivity index (χ4n) is 2.07. The van der Waals surface area contributed by atoms with E-state index in [0.717, 1.165) is 12.5 Å². The van der Waals surface area contributed by atoms with Gasteiger partial charge >= 0.3 is 0 Å². The standard InChI is InChI=1S/C12H20IN3/c1-12(2,3)14-6-9-4-5-11(9)16-8-10(13)7-15-16/h7-9,11,14H,4-6H2,1-3H3. The van der Waals surface area contributed by atoms with Gasteiger partial charge in [0.15, 0.2) is 0 Å². The highest BCUT2D eigenvalue weighted by atomic mass is 127. The van der Waals surface area contributed by atoms with Gasteiger partial charge in [0.25, 0.3) is 0 Å². The maximum atomic E-state index is 4.41. The number of nitrogens with zero attached hydrogens (tertiary/aromatic N) is 2. The molecular formula is C12H20IN3. The third-order valence-electron chi connectivity index (χ3n) is 3.18. The third-order valence-corrected chi connectivity index (χ3v) is 3.74. The monoisotopic (exact) mass is 333 g/mol. The summed E-state index contributed by atoms with van der Waals surface area (Å²) in [5.74, 6) is 0.745. The molecule has 2 rings (SSSR count). The number of hydrogen-bond acceptors (Lipinski definition) is 2. The zero-order valence-electron chi connectivity index (χ0n) is 10.2. The van der Waals surface area contributed by atoms with Crippen molar-refractivity contribution in [3.05, 3.63) is 16.0 Å². The second kappa shape index (κ2) is 4.64. The minimum atomic E-state index is 0.221. The highest BCUT2D eigenvalue weighted by Gasteiger charge is 2.33. The Morgan fingerprint density at radius 2 is 2.25 bits per heavy atom. The van der Waals surface area contributed by atoms with Crippen LogP contribution in [0.2, 0.25) is 0 Å². The summed E-state index contributed by atoms with van der Waals surface area (Å²) in [4.78, 5) is 0. The summed E-state index contributed by atoms with van der Waals surface area (Å²) in [6.07, 6.45) is 6.68. The second-order valence-electron chi connectivity index (χ2n) is 5.67. The molecule has 0 amide bonds. The van der Waals surface area contributed by atoms with E-state index in [9.17, 15) is 0 Å². The van der Waals surface area contributed by atoms with E-state index in [1.54, 1.807) is 0 Å². The molecule has 1 aliphatic rings. The van der Waals surface area contributed by atoms with E-state index < -0.39 is 0 Å². The first-order valence-electron chi connectivity index (χ1n) is 5.90. The Hall–Kier alpha value is -0.100. The number of halogens is 1. The van der Waals surface area contributed by atoms with E-state index in [1.807, 2.05) is 6.20 Å². The van der Waals surface area contributed by atoms with E-state index in [0.29, 0.717) is 6.04 Å². The molecule has 3 nitrogen and oxygen atoms in total. The fourth-order valence-corrected chi connectivity index (χ4v) is 2.48. The summed E-state index contributed by atoms with van der Waals surface area (Å²) in [6, 6.07) is 0.610. The van der Waals surface area contributed by atoms with Crippen molar-refractivity contribution in [2.75, 3.05) is 6.54 Å². The van der Waals surface area contributed by atoms with Gasteiger partial charge in [-0.1, -0.05) is 0 Å². The number of aromatic nitrogens is 2. The van der Waals surface area contributed by atoms with Crippen molar-refractivity contribution in [1.82, 2.24) is 15.1 Å². The highest BCUT2D eigenvalue weighted by Crippen LogP contribution is 2.37. The Balaban J connectivity index is 1.89. The molecule has 1 heterocycles. The largest absolute Gasteiger partial charge is 0.312 e. The Kier molecular flexibility index (Phi) is 3.59. The maximum absolute atomic E-state index is 4.41. The van der Waals surface area contributed by atoms with E-state index in [-0.39, 0.29) is 5.54 Å². The lowest BCUT2D eigenvalue weighted by Crippen LogP contribution is -2.44. The molecular weight excluding hydrogens is 313 g/mol. The minimum absolute atomic E-state index is 0.221. The second-order valence-corrected chi connectivity index (χ2v) is 6.92. The van der Waals surface area contributed by atoms with E-state index in [4.69, 9.17) is 0 Å². The van der Waals surface area contributed by atoms with Gasteiger partial charge in [-0.15, -0.1) is 0 Å². The van der Waals surface area contributed by atoms with Gasteiger partial charge < -0.3 is 5.32 Å². The molecule has 1 aromatic rings. The van der Waals surface area contributed by atoms with E-state index in [1.165, 1.54) is 16.4 Å². The van der Waals surface area contributed by atoms with Crippen LogP contribution in [0.4, 0.5) is 0 Å². The third kappa shape index (κ3) is 2.97. The van der Waals surface area contributed by atoms with Crippen LogP contribution in [0.15, 0.2) is 12.4 Å². The van der Waals surface area contributed by atoms with Crippen molar-refractivity contribution in [2.45, 2.75) is 45.2 Å². The zero-order valence-corrected chi connectivity index (χ0v) is 12.4. The summed E-state index contributed by atoms with van der Waals surface area (Å²) < 4.78 is 3.37. The van der Waals surface area contributed by atoms with E-state index in [2.05, 4.69) is 64.7 Å². The van der Waals surface area contributed by atoms with Crippen molar-refractivity contribution in [2.24, 2.45) is 5.92 Å². The lowest BCUT2D eigenvalue weighted by Gasteiger charge is -2.38. The van der Waals surface area contributed by atoms with Crippen LogP contribution in [0.1, 0.15) is 39.7 Å². The van der Waals surface area contributed by atoms with Crippen LogP contribution in [0.25, 0.3) is 0 Å². The molecule has 1 fully saturated rings. The summed E-state index contributed by atoms with van der Waals surface area (Å²) >= 11 is 2.32. The van der Waals surface area contributed by atoms with Crippen LogP contribution in [-0.2, 0) is 0 Å². The zero-order chi connectivity index (χ0) is 11.8. The molecule has 2 unspecified atom stereocenters. The van der Waals surface area contributed by atoms with Gasteiger partial charge in [-0.25, -0.2) is 0 Å². The predicted molar refractivity (Wildman–Crippen MR) is 74.5 cm³/mol. The SMILES string of the molecule is CC(C)(C)NCC1CCC1n1cc(I)cn1. The van der Waals surface area contributed by atoms with Gasteiger partial charge in [0.2, 0.25) is 0 Å². The average Bonchev–Trinajstić information content (AvgIpc) is 2.47. The lowest BCUT2D eigenvalue weighted by molar-refractivity contribution is 0.153. The van der Waals surface area contributed by atoms with Crippen molar-refractivity contribution in [1.29, 1.82) is 0 Å². The summed E-state index contributed by atoms with van der Waals surface area (Å²) in [5.41, 5.74) is 0.221. The van der Waals surface area contributed by atoms with Gasteiger partial charge in [0, 0.05) is 18.3 Å². The molecule has 0 aromatic carbocycles. The molecule has 1 saturated carbocycles. The molecule has 2 atom stereocenters. The minimum Gasteiger partial charge on any atom is -0.312 e. The molecule has 1 aromatic heterocycles. The van der Waals surface area contributed by atoms with Crippen LogP contribution in [0.5, 0.6) is 0 Å². The molecule has 4 heteroatoms.